The number of nitro groups is 1. The highest BCUT2D eigenvalue weighted by molar-refractivity contribution is 5.86. The van der Waals surface area contributed by atoms with Gasteiger partial charge < -0.3 is 14.6 Å². The number of carboxylic acid groups (broad SMARTS) is 1. The lowest BCUT2D eigenvalue weighted by Crippen LogP contribution is -2.48. The topological polar surface area (TPSA) is 106 Å². The Kier molecular flexibility index (Phi) is 4.32. The molecule has 27 heavy (non-hydrogen) atoms. The minimum atomic E-state index is -4.97. The van der Waals surface area contributed by atoms with Crippen molar-refractivity contribution in [1.82, 2.24) is 9.47 Å². The van der Waals surface area contributed by atoms with E-state index < -0.39 is 41.4 Å². The number of carbonyl (C=O) groups is 2. The average Bonchev–Trinajstić information content (AvgIpc) is 3.19. The van der Waals surface area contributed by atoms with Crippen molar-refractivity contribution in [2.24, 2.45) is 5.41 Å². The highest BCUT2D eigenvalue weighted by atomic mass is 19.4. The monoisotopic (exact) mass is 385 g/mol. The van der Waals surface area contributed by atoms with Crippen LogP contribution in [0.1, 0.15) is 6.42 Å². The van der Waals surface area contributed by atoms with Gasteiger partial charge in [-0.25, -0.2) is 0 Å². The smallest absolute Gasteiger partial charge is 0.406 e. The predicted molar refractivity (Wildman–Crippen MR) is 85.9 cm³/mol. The van der Waals surface area contributed by atoms with E-state index in [0.717, 1.165) is 4.90 Å². The lowest BCUT2D eigenvalue weighted by molar-refractivity contribution is -0.384. The molecule has 0 saturated carbocycles. The summed E-state index contributed by atoms with van der Waals surface area (Å²) in [5, 5.41) is 20.4. The number of nitro benzene ring substituents is 1. The molecule has 1 atom stereocenters. The second-order valence-electron chi connectivity index (χ2n) is 6.39. The van der Waals surface area contributed by atoms with Gasteiger partial charge in [0.25, 0.3) is 5.69 Å². The first-order valence-corrected chi connectivity index (χ1v) is 7.86. The van der Waals surface area contributed by atoms with Crippen LogP contribution in [0.25, 0.3) is 10.9 Å². The fraction of sp³-hybridized carbons (Fsp3) is 0.375. The van der Waals surface area contributed by atoms with E-state index in [1.807, 2.05) is 0 Å². The number of fused-ring (bicyclic) bond motifs is 1. The van der Waals surface area contributed by atoms with Gasteiger partial charge in [-0.1, -0.05) is 0 Å². The maximum absolute atomic E-state index is 13.2. The molecule has 0 aliphatic carbocycles. The number of amides is 1. The molecule has 1 aromatic carbocycles. The van der Waals surface area contributed by atoms with Gasteiger partial charge in [0.1, 0.15) is 6.54 Å². The van der Waals surface area contributed by atoms with Crippen LogP contribution in [-0.4, -0.2) is 50.6 Å². The fourth-order valence-corrected chi connectivity index (χ4v) is 3.23. The van der Waals surface area contributed by atoms with Gasteiger partial charge in [0.2, 0.25) is 5.91 Å². The lowest BCUT2D eigenvalue weighted by atomic mass is 9.86. The number of nitrogens with zero attached hydrogens (tertiary/aromatic N) is 3. The second kappa shape index (κ2) is 6.25. The van der Waals surface area contributed by atoms with E-state index in [1.54, 1.807) is 6.07 Å². The van der Waals surface area contributed by atoms with Crippen LogP contribution >= 0.6 is 0 Å². The number of carbonyl (C=O) groups excluding carboxylic acids is 1. The number of aliphatic carboxylic acids is 1. The summed E-state index contributed by atoms with van der Waals surface area (Å²) in [4.78, 5) is 34.7. The first-order valence-electron chi connectivity index (χ1n) is 7.86. The van der Waals surface area contributed by atoms with Gasteiger partial charge in [0.15, 0.2) is 5.41 Å². The summed E-state index contributed by atoms with van der Waals surface area (Å²) in [6.07, 6.45) is -4.17. The Morgan fingerprint density at radius 3 is 2.56 bits per heavy atom. The molecule has 0 bridgehead atoms. The van der Waals surface area contributed by atoms with Crippen molar-refractivity contribution in [3.63, 3.8) is 0 Å². The Morgan fingerprint density at radius 2 is 2.00 bits per heavy atom. The van der Waals surface area contributed by atoms with E-state index in [0.29, 0.717) is 10.9 Å². The number of rotatable bonds is 4. The second-order valence-corrected chi connectivity index (χ2v) is 6.39. The van der Waals surface area contributed by atoms with Gasteiger partial charge in [-0.05, 0) is 18.6 Å². The van der Waals surface area contributed by atoms with Gasteiger partial charge in [-0.3, -0.25) is 19.7 Å². The van der Waals surface area contributed by atoms with Gasteiger partial charge in [0, 0.05) is 42.3 Å². The number of hydrogen-bond acceptors (Lipinski definition) is 4. The average molecular weight is 385 g/mol. The molecule has 1 N–H and O–H groups in total. The van der Waals surface area contributed by atoms with Gasteiger partial charge in [0.05, 0.1) is 4.92 Å². The fourth-order valence-electron chi connectivity index (χ4n) is 3.23. The summed E-state index contributed by atoms with van der Waals surface area (Å²) in [6.45, 7) is -1.54. The number of alkyl halides is 3. The molecule has 1 aliphatic heterocycles. The van der Waals surface area contributed by atoms with Crippen LogP contribution in [0.5, 0.6) is 0 Å². The summed E-state index contributed by atoms with van der Waals surface area (Å²) in [5.74, 6) is -2.65. The van der Waals surface area contributed by atoms with Crippen LogP contribution in [0.4, 0.5) is 18.9 Å². The quantitative estimate of drug-likeness (QED) is 0.643. The summed E-state index contributed by atoms with van der Waals surface area (Å²) >= 11 is 0. The molecule has 144 valence electrons. The van der Waals surface area contributed by atoms with Crippen LogP contribution in [0.3, 0.4) is 0 Å². The zero-order chi connectivity index (χ0) is 20.0. The number of aromatic nitrogens is 1. The van der Waals surface area contributed by atoms with E-state index in [9.17, 15) is 32.9 Å². The third-order valence-corrected chi connectivity index (χ3v) is 4.84. The van der Waals surface area contributed by atoms with Crippen molar-refractivity contribution >= 4 is 28.5 Å². The molecule has 1 aromatic heterocycles. The van der Waals surface area contributed by atoms with Crippen LogP contribution in [0, 0.1) is 15.5 Å². The maximum atomic E-state index is 13.2. The highest BCUT2D eigenvalue weighted by Crippen LogP contribution is 2.45. The SMILES string of the molecule is O=C(Cn1ccc2cc([N+](=O)[O-])ccc21)N1CCC(C(=O)O)(C(F)(F)F)C1. The van der Waals surface area contributed by atoms with E-state index in [4.69, 9.17) is 5.11 Å². The van der Waals surface area contributed by atoms with Crippen molar-refractivity contribution in [2.75, 3.05) is 13.1 Å². The molecular formula is C16H14F3N3O5. The Balaban J connectivity index is 1.80. The molecular weight excluding hydrogens is 371 g/mol. The number of benzene rings is 1. The van der Waals surface area contributed by atoms with Crippen molar-refractivity contribution in [3.8, 4) is 0 Å². The lowest BCUT2D eigenvalue weighted by Gasteiger charge is -2.27. The Hall–Kier alpha value is -3.11. The Labute approximate surface area is 149 Å². The minimum absolute atomic E-state index is 0.123. The molecule has 2 heterocycles. The number of likely N-dealkylation sites (tertiary alicyclic amines) is 1. The number of carboxylic acids is 1. The molecule has 1 saturated heterocycles. The van der Waals surface area contributed by atoms with Crippen LogP contribution < -0.4 is 0 Å². The Bertz CT molecular complexity index is 939. The third-order valence-electron chi connectivity index (χ3n) is 4.84. The van der Waals surface area contributed by atoms with Gasteiger partial charge in [-0.2, -0.15) is 13.2 Å². The highest BCUT2D eigenvalue weighted by Gasteiger charge is 2.64. The normalized spacial score (nSPS) is 20.2. The predicted octanol–water partition coefficient (Wildman–Crippen LogP) is 2.42. The molecule has 1 aliphatic rings. The number of non-ortho nitro benzene ring substituents is 1. The van der Waals surface area contributed by atoms with Crippen molar-refractivity contribution < 1.29 is 32.8 Å². The number of hydrogen-bond donors (Lipinski definition) is 1. The van der Waals surface area contributed by atoms with Crippen LogP contribution in [-0.2, 0) is 16.1 Å². The largest absolute Gasteiger partial charge is 0.481 e. The summed E-state index contributed by atoms with van der Waals surface area (Å²) in [6, 6.07) is 5.59. The van der Waals surface area contributed by atoms with Crippen LogP contribution in [0.2, 0.25) is 0 Å². The van der Waals surface area contributed by atoms with Gasteiger partial charge in [-0.15, -0.1) is 0 Å². The molecule has 1 amide bonds. The zero-order valence-corrected chi connectivity index (χ0v) is 13.8. The zero-order valence-electron chi connectivity index (χ0n) is 13.8. The minimum Gasteiger partial charge on any atom is -0.481 e. The molecule has 1 unspecified atom stereocenters. The van der Waals surface area contributed by atoms with Crippen molar-refractivity contribution in [3.05, 3.63) is 40.6 Å². The molecule has 11 heteroatoms. The van der Waals surface area contributed by atoms with Crippen molar-refractivity contribution in [2.45, 2.75) is 19.1 Å². The summed E-state index contributed by atoms with van der Waals surface area (Å²) < 4.78 is 41.1. The number of halogens is 3. The maximum Gasteiger partial charge on any atom is 0.406 e. The first-order chi connectivity index (χ1) is 12.5. The summed E-state index contributed by atoms with van der Waals surface area (Å²) in [5.41, 5.74) is -2.57. The summed E-state index contributed by atoms with van der Waals surface area (Å²) in [7, 11) is 0. The van der Waals surface area contributed by atoms with E-state index in [1.165, 1.54) is 29.0 Å². The molecule has 1 fully saturated rings. The van der Waals surface area contributed by atoms with E-state index >= 15 is 0 Å². The molecule has 0 spiro atoms. The third kappa shape index (κ3) is 3.09. The Morgan fingerprint density at radius 1 is 1.30 bits per heavy atom. The first kappa shape index (κ1) is 18.7. The van der Waals surface area contributed by atoms with E-state index in [2.05, 4.69) is 0 Å². The van der Waals surface area contributed by atoms with Gasteiger partial charge >= 0.3 is 12.1 Å². The molecule has 8 nitrogen and oxygen atoms in total. The standard InChI is InChI=1S/C16H14F3N3O5/c17-16(18,19)15(14(24)25)4-6-21(9-15)13(23)8-20-5-3-10-7-11(22(26)27)1-2-12(10)20/h1-3,5,7H,4,6,8-9H2,(H,24,25). The molecule has 2 aromatic rings. The van der Waals surface area contributed by atoms with Crippen LogP contribution in [0.15, 0.2) is 30.5 Å². The molecule has 3 rings (SSSR count). The molecule has 0 radical (unpaired) electrons. The van der Waals surface area contributed by atoms with E-state index in [-0.39, 0.29) is 18.8 Å². The van der Waals surface area contributed by atoms with Crippen molar-refractivity contribution in [1.29, 1.82) is 0 Å².